The standard InChI is InChI=1S/C23H32ClN3O2/c1-16(28)5-4-8-22-9-12-23(13-10-22,14-11-22)21-26-25-20(27(21)2)18-7-6-17(29-3)15-19(18)24/h6-7,15-16,28H,4-5,8-14H2,1-3H3. The molecule has 158 valence electrons. The molecule has 1 aromatic heterocycles. The number of halogens is 1. The molecule has 1 N–H and O–H groups in total. The van der Waals surface area contributed by atoms with Crippen LogP contribution in [0.2, 0.25) is 5.02 Å². The third-order valence-electron chi connectivity index (χ3n) is 7.50. The Hall–Kier alpha value is -1.59. The van der Waals surface area contributed by atoms with Crippen molar-refractivity contribution in [2.75, 3.05) is 7.11 Å². The predicted octanol–water partition coefficient (Wildman–Crippen LogP) is 5.29. The smallest absolute Gasteiger partial charge is 0.165 e. The second-order valence-electron chi connectivity index (χ2n) is 9.27. The molecule has 3 aliphatic rings. The van der Waals surface area contributed by atoms with Gasteiger partial charge in [0.15, 0.2) is 5.82 Å². The van der Waals surface area contributed by atoms with E-state index in [1.165, 1.54) is 44.9 Å². The maximum Gasteiger partial charge on any atom is 0.165 e. The van der Waals surface area contributed by atoms with E-state index in [0.717, 1.165) is 35.8 Å². The molecule has 0 saturated heterocycles. The molecular formula is C23H32ClN3O2. The minimum absolute atomic E-state index is 0.144. The third kappa shape index (κ3) is 3.79. The Labute approximate surface area is 178 Å². The van der Waals surface area contributed by atoms with Crippen LogP contribution in [0.25, 0.3) is 11.4 Å². The Morgan fingerprint density at radius 3 is 2.45 bits per heavy atom. The monoisotopic (exact) mass is 417 g/mol. The highest BCUT2D eigenvalue weighted by Crippen LogP contribution is 2.59. The lowest BCUT2D eigenvalue weighted by Gasteiger charge is -2.53. The molecular weight excluding hydrogens is 386 g/mol. The van der Waals surface area contributed by atoms with Gasteiger partial charge in [0.05, 0.1) is 18.2 Å². The van der Waals surface area contributed by atoms with Gasteiger partial charge in [-0.05, 0) is 81.9 Å². The summed E-state index contributed by atoms with van der Waals surface area (Å²) in [7, 11) is 3.71. The topological polar surface area (TPSA) is 60.2 Å². The van der Waals surface area contributed by atoms with Gasteiger partial charge in [-0.2, -0.15) is 0 Å². The molecule has 2 aromatic rings. The Balaban J connectivity index is 1.53. The largest absolute Gasteiger partial charge is 0.497 e. The Bertz CT molecular complexity index is 852. The molecule has 29 heavy (non-hydrogen) atoms. The van der Waals surface area contributed by atoms with Gasteiger partial charge < -0.3 is 14.4 Å². The molecule has 3 aliphatic carbocycles. The van der Waals surface area contributed by atoms with Gasteiger partial charge in [0, 0.05) is 18.0 Å². The van der Waals surface area contributed by atoms with Crippen LogP contribution in [-0.4, -0.2) is 33.1 Å². The molecule has 0 amide bonds. The van der Waals surface area contributed by atoms with Crippen LogP contribution in [0.3, 0.4) is 0 Å². The van der Waals surface area contributed by atoms with Crippen molar-refractivity contribution >= 4 is 11.6 Å². The Kier molecular flexibility index (Phi) is 5.64. The van der Waals surface area contributed by atoms with E-state index in [9.17, 15) is 5.11 Å². The normalized spacial score (nSPS) is 27.2. The zero-order chi connectivity index (χ0) is 20.6. The number of benzene rings is 1. The molecule has 6 heteroatoms. The molecule has 2 bridgehead atoms. The average molecular weight is 418 g/mol. The number of aliphatic hydroxyl groups is 1. The van der Waals surface area contributed by atoms with E-state index in [-0.39, 0.29) is 11.5 Å². The Morgan fingerprint density at radius 2 is 1.86 bits per heavy atom. The van der Waals surface area contributed by atoms with Crippen LogP contribution in [0, 0.1) is 5.41 Å². The predicted molar refractivity (Wildman–Crippen MR) is 115 cm³/mol. The number of hydrogen-bond acceptors (Lipinski definition) is 4. The van der Waals surface area contributed by atoms with Crippen LogP contribution in [-0.2, 0) is 12.5 Å². The second kappa shape index (κ2) is 7.92. The van der Waals surface area contributed by atoms with Crippen molar-refractivity contribution in [2.24, 2.45) is 12.5 Å². The summed E-state index contributed by atoms with van der Waals surface area (Å²) < 4.78 is 7.42. The summed E-state index contributed by atoms with van der Waals surface area (Å²) in [5.74, 6) is 2.67. The second-order valence-corrected chi connectivity index (χ2v) is 9.68. The van der Waals surface area contributed by atoms with Crippen molar-refractivity contribution in [1.29, 1.82) is 0 Å². The lowest BCUT2D eigenvalue weighted by molar-refractivity contribution is 0.0224. The number of ether oxygens (including phenoxy) is 1. The van der Waals surface area contributed by atoms with Crippen LogP contribution in [0.5, 0.6) is 5.75 Å². The van der Waals surface area contributed by atoms with Crippen LogP contribution < -0.4 is 4.74 Å². The molecule has 3 saturated carbocycles. The first-order valence-corrected chi connectivity index (χ1v) is 11.2. The lowest BCUT2D eigenvalue weighted by atomic mass is 9.52. The van der Waals surface area contributed by atoms with Crippen molar-refractivity contribution in [3.8, 4) is 17.1 Å². The fourth-order valence-electron chi connectivity index (χ4n) is 5.58. The Morgan fingerprint density at radius 1 is 1.17 bits per heavy atom. The van der Waals surface area contributed by atoms with Crippen LogP contribution in [0.4, 0.5) is 0 Å². The summed E-state index contributed by atoms with van der Waals surface area (Å²) in [4.78, 5) is 0. The van der Waals surface area contributed by atoms with Gasteiger partial charge in [0.1, 0.15) is 11.6 Å². The van der Waals surface area contributed by atoms with E-state index < -0.39 is 0 Å². The summed E-state index contributed by atoms with van der Waals surface area (Å²) >= 11 is 6.50. The van der Waals surface area contributed by atoms with Crippen molar-refractivity contribution in [1.82, 2.24) is 14.8 Å². The number of hydrogen-bond donors (Lipinski definition) is 1. The van der Waals surface area contributed by atoms with Gasteiger partial charge in [0.2, 0.25) is 0 Å². The maximum absolute atomic E-state index is 9.58. The van der Waals surface area contributed by atoms with E-state index in [0.29, 0.717) is 10.4 Å². The zero-order valence-corrected chi connectivity index (χ0v) is 18.5. The fraction of sp³-hybridized carbons (Fsp3) is 0.652. The SMILES string of the molecule is COc1ccc(-c2nnc(C34CCC(CCCC(C)O)(CC3)CC4)n2C)c(Cl)c1. The van der Waals surface area contributed by atoms with Gasteiger partial charge in [0.25, 0.3) is 0 Å². The van der Waals surface area contributed by atoms with Crippen molar-refractivity contribution in [2.45, 2.75) is 76.2 Å². The highest BCUT2D eigenvalue weighted by molar-refractivity contribution is 6.33. The first-order chi connectivity index (χ1) is 13.9. The van der Waals surface area contributed by atoms with Crippen molar-refractivity contribution in [3.63, 3.8) is 0 Å². The summed E-state index contributed by atoms with van der Waals surface area (Å²) in [5.41, 5.74) is 1.52. The van der Waals surface area contributed by atoms with Gasteiger partial charge in [-0.25, -0.2) is 0 Å². The molecule has 1 atom stereocenters. The van der Waals surface area contributed by atoms with E-state index in [1.54, 1.807) is 7.11 Å². The fourth-order valence-corrected chi connectivity index (χ4v) is 5.83. The lowest BCUT2D eigenvalue weighted by Crippen LogP contribution is -2.45. The minimum atomic E-state index is -0.181. The summed E-state index contributed by atoms with van der Waals surface area (Å²) in [6.45, 7) is 1.89. The van der Waals surface area contributed by atoms with Gasteiger partial charge >= 0.3 is 0 Å². The third-order valence-corrected chi connectivity index (χ3v) is 7.81. The van der Waals surface area contributed by atoms with Gasteiger partial charge in [-0.3, -0.25) is 0 Å². The molecule has 5 nitrogen and oxygen atoms in total. The number of fused-ring (bicyclic) bond motifs is 3. The molecule has 1 aromatic carbocycles. The van der Waals surface area contributed by atoms with Gasteiger partial charge in [-0.15, -0.1) is 10.2 Å². The quantitative estimate of drug-likeness (QED) is 0.665. The summed E-state index contributed by atoms with van der Waals surface area (Å²) in [6.07, 6.45) is 10.5. The van der Waals surface area contributed by atoms with Crippen LogP contribution >= 0.6 is 11.6 Å². The first-order valence-electron chi connectivity index (χ1n) is 10.8. The maximum atomic E-state index is 9.58. The molecule has 3 fully saturated rings. The molecule has 5 rings (SSSR count). The highest BCUT2D eigenvalue weighted by Gasteiger charge is 2.51. The molecule has 1 unspecified atom stereocenters. The number of nitrogens with zero attached hydrogens (tertiary/aromatic N) is 3. The summed E-state index contributed by atoms with van der Waals surface area (Å²) in [6, 6.07) is 5.70. The van der Waals surface area contributed by atoms with Crippen LogP contribution in [0.1, 0.15) is 70.5 Å². The first kappa shape index (κ1) is 20.7. The van der Waals surface area contributed by atoms with Crippen molar-refractivity contribution < 1.29 is 9.84 Å². The number of aromatic nitrogens is 3. The highest BCUT2D eigenvalue weighted by atomic mass is 35.5. The number of rotatable bonds is 7. The summed E-state index contributed by atoms with van der Waals surface area (Å²) in [5, 5.41) is 19.4. The van der Waals surface area contributed by atoms with E-state index >= 15 is 0 Å². The van der Waals surface area contributed by atoms with E-state index in [2.05, 4.69) is 21.8 Å². The average Bonchev–Trinajstić information content (AvgIpc) is 3.11. The number of aliphatic hydroxyl groups excluding tert-OH is 1. The minimum Gasteiger partial charge on any atom is -0.497 e. The molecule has 0 aliphatic heterocycles. The molecule has 0 radical (unpaired) electrons. The van der Waals surface area contributed by atoms with E-state index in [1.807, 2.05) is 25.1 Å². The van der Waals surface area contributed by atoms with E-state index in [4.69, 9.17) is 16.3 Å². The van der Waals surface area contributed by atoms with Crippen molar-refractivity contribution in [3.05, 3.63) is 29.0 Å². The van der Waals surface area contributed by atoms with Gasteiger partial charge in [-0.1, -0.05) is 18.0 Å². The molecule has 1 heterocycles. The number of methoxy groups -OCH3 is 1. The zero-order valence-electron chi connectivity index (χ0n) is 17.7. The molecule has 0 spiro atoms. The van der Waals surface area contributed by atoms with Crippen LogP contribution in [0.15, 0.2) is 18.2 Å².